The summed E-state index contributed by atoms with van der Waals surface area (Å²) in [7, 11) is 0. The van der Waals surface area contributed by atoms with Crippen molar-refractivity contribution in [2.24, 2.45) is 0 Å². The van der Waals surface area contributed by atoms with E-state index in [-0.39, 0.29) is 0 Å². The second kappa shape index (κ2) is 1.90. The lowest BCUT2D eigenvalue weighted by Crippen LogP contribution is -1.61. The van der Waals surface area contributed by atoms with Gasteiger partial charge in [0.15, 0.2) is 0 Å². The molecule has 0 heterocycles. The number of hydrogen-bond acceptors (Lipinski definition) is 0. The van der Waals surface area contributed by atoms with Crippen molar-refractivity contribution < 1.29 is 8.78 Å². The minimum absolute atomic E-state index is 0.741. The van der Waals surface area contributed by atoms with Crippen LogP contribution in [0.4, 0.5) is 8.78 Å². The molecule has 0 bridgehead atoms. The molecule has 2 heteroatoms. The van der Waals surface area contributed by atoms with Crippen molar-refractivity contribution in [2.75, 3.05) is 0 Å². The third-order valence-corrected chi connectivity index (χ3v) is 0.475. The molecule has 0 aromatic heterocycles. The van der Waals surface area contributed by atoms with E-state index in [0.29, 0.717) is 0 Å². The van der Waals surface area contributed by atoms with Crippen LogP contribution in [0.3, 0.4) is 0 Å². The standard InChI is InChI=1S/C4H6F2/c1-3(5)4(2)6/h1-2H3/b4-3+. The summed E-state index contributed by atoms with van der Waals surface area (Å²) in [6, 6.07) is 0. The number of hydrogen-bond donors (Lipinski definition) is 0. The zero-order valence-electron chi connectivity index (χ0n) is 3.76. The van der Waals surface area contributed by atoms with Crippen LogP contribution in [0.1, 0.15) is 13.8 Å². The van der Waals surface area contributed by atoms with Crippen LogP contribution in [0, 0.1) is 0 Å². The maximum atomic E-state index is 11.3. The highest BCUT2D eigenvalue weighted by Gasteiger charge is 1.86. The Labute approximate surface area is 35.5 Å². The third kappa shape index (κ3) is 1.88. The van der Waals surface area contributed by atoms with E-state index in [4.69, 9.17) is 0 Å². The van der Waals surface area contributed by atoms with Gasteiger partial charge in [0.2, 0.25) is 0 Å². The van der Waals surface area contributed by atoms with Gasteiger partial charge in [-0.05, 0) is 13.8 Å². The molecule has 0 aromatic carbocycles. The van der Waals surface area contributed by atoms with Crippen LogP contribution in [-0.4, -0.2) is 0 Å². The highest BCUT2D eigenvalue weighted by atomic mass is 19.2. The fraction of sp³-hybridized carbons (Fsp3) is 0.500. The second-order valence-electron chi connectivity index (χ2n) is 1.07. The quantitative estimate of drug-likeness (QED) is 0.429. The molecule has 0 aliphatic carbocycles. The minimum atomic E-state index is -0.741. The smallest absolute Gasteiger partial charge is 0.128 e. The van der Waals surface area contributed by atoms with Gasteiger partial charge in [0.25, 0.3) is 0 Å². The zero-order valence-corrected chi connectivity index (χ0v) is 3.76. The average molecular weight is 92.1 g/mol. The van der Waals surface area contributed by atoms with Crippen molar-refractivity contribution in [3.63, 3.8) is 0 Å². The maximum absolute atomic E-state index is 11.3. The molecule has 0 N–H and O–H groups in total. The van der Waals surface area contributed by atoms with E-state index in [9.17, 15) is 8.78 Å². The molecular weight excluding hydrogens is 86.0 g/mol. The van der Waals surface area contributed by atoms with Gasteiger partial charge in [-0.3, -0.25) is 0 Å². The van der Waals surface area contributed by atoms with E-state index in [0.717, 1.165) is 13.8 Å². The molecule has 0 saturated heterocycles. The molecule has 0 nitrogen and oxygen atoms in total. The topological polar surface area (TPSA) is 0 Å². The van der Waals surface area contributed by atoms with Gasteiger partial charge in [0.05, 0.1) is 0 Å². The van der Waals surface area contributed by atoms with Gasteiger partial charge in [-0.1, -0.05) is 0 Å². The number of halogens is 2. The normalized spacial score (nSPS) is 14.0. The van der Waals surface area contributed by atoms with E-state index in [2.05, 4.69) is 0 Å². The third-order valence-electron chi connectivity index (χ3n) is 0.475. The Morgan fingerprint density at radius 3 is 1.17 bits per heavy atom. The van der Waals surface area contributed by atoms with Gasteiger partial charge in [-0.15, -0.1) is 0 Å². The van der Waals surface area contributed by atoms with E-state index in [1.54, 1.807) is 0 Å². The predicted molar refractivity (Wildman–Crippen MR) is 20.6 cm³/mol. The van der Waals surface area contributed by atoms with Crippen molar-refractivity contribution in [3.8, 4) is 0 Å². The fourth-order valence-corrected chi connectivity index (χ4v) is 0. The highest BCUT2D eigenvalue weighted by Crippen LogP contribution is 2.02. The Morgan fingerprint density at radius 1 is 1.00 bits per heavy atom. The highest BCUT2D eigenvalue weighted by molar-refractivity contribution is 4.90. The largest absolute Gasteiger partial charge is 0.209 e. The van der Waals surface area contributed by atoms with Gasteiger partial charge in [0.1, 0.15) is 11.7 Å². The molecule has 36 valence electrons. The molecule has 0 amide bonds. The molecule has 0 atom stereocenters. The zero-order chi connectivity index (χ0) is 5.15. The molecule has 0 spiro atoms. The van der Waals surface area contributed by atoms with Crippen molar-refractivity contribution in [2.45, 2.75) is 13.8 Å². The lowest BCUT2D eigenvalue weighted by molar-refractivity contribution is 0.539. The first-order valence-electron chi connectivity index (χ1n) is 1.63. The SMILES string of the molecule is C/C(F)=C(/C)F. The number of rotatable bonds is 0. The summed E-state index contributed by atoms with van der Waals surface area (Å²) < 4.78 is 22.7. The van der Waals surface area contributed by atoms with Gasteiger partial charge in [-0.25, -0.2) is 8.78 Å². The first kappa shape index (κ1) is 5.60. The monoisotopic (exact) mass is 92.0 g/mol. The summed E-state index contributed by atoms with van der Waals surface area (Å²) in [6.45, 7) is 2.16. The molecule has 0 aromatic rings. The Bertz CT molecular complexity index is 55.6. The van der Waals surface area contributed by atoms with Crippen molar-refractivity contribution >= 4 is 0 Å². The van der Waals surface area contributed by atoms with Gasteiger partial charge in [-0.2, -0.15) is 0 Å². The summed E-state index contributed by atoms with van der Waals surface area (Å²) in [5, 5.41) is 0. The fourth-order valence-electron chi connectivity index (χ4n) is 0. The predicted octanol–water partition coefficient (Wildman–Crippen LogP) is 2.18. The van der Waals surface area contributed by atoms with Crippen LogP contribution < -0.4 is 0 Å². The van der Waals surface area contributed by atoms with Crippen LogP contribution in [0.25, 0.3) is 0 Å². The Kier molecular flexibility index (Phi) is 1.77. The first-order chi connectivity index (χ1) is 2.64. The van der Waals surface area contributed by atoms with Crippen LogP contribution in [0.15, 0.2) is 11.7 Å². The molecule has 0 saturated carbocycles. The first-order valence-corrected chi connectivity index (χ1v) is 1.63. The van der Waals surface area contributed by atoms with E-state index < -0.39 is 11.7 Å². The average Bonchev–Trinajstić information content (AvgIpc) is 1.36. The molecule has 0 aliphatic heterocycles. The van der Waals surface area contributed by atoms with E-state index >= 15 is 0 Å². The van der Waals surface area contributed by atoms with Crippen molar-refractivity contribution in [1.82, 2.24) is 0 Å². The van der Waals surface area contributed by atoms with E-state index in [1.165, 1.54) is 0 Å². The summed E-state index contributed by atoms with van der Waals surface area (Å²) in [5.41, 5.74) is 0. The molecule has 0 radical (unpaired) electrons. The summed E-state index contributed by atoms with van der Waals surface area (Å²) in [4.78, 5) is 0. The summed E-state index contributed by atoms with van der Waals surface area (Å²) in [5.74, 6) is -1.48. The molecule has 0 unspecified atom stereocenters. The minimum Gasteiger partial charge on any atom is -0.209 e. The Hall–Kier alpha value is -0.400. The lowest BCUT2D eigenvalue weighted by atomic mass is 10.5. The van der Waals surface area contributed by atoms with Gasteiger partial charge < -0.3 is 0 Å². The molecule has 6 heavy (non-hydrogen) atoms. The van der Waals surface area contributed by atoms with Crippen LogP contribution in [0.5, 0.6) is 0 Å². The maximum Gasteiger partial charge on any atom is 0.128 e. The molecular formula is C4H6F2. The van der Waals surface area contributed by atoms with Crippen LogP contribution in [-0.2, 0) is 0 Å². The number of allylic oxidation sites excluding steroid dienone is 2. The molecule has 0 rings (SSSR count). The second-order valence-corrected chi connectivity index (χ2v) is 1.07. The van der Waals surface area contributed by atoms with E-state index in [1.807, 2.05) is 0 Å². The summed E-state index contributed by atoms with van der Waals surface area (Å²) >= 11 is 0. The van der Waals surface area contributed by atoms with Crippen molar-refractivity contribution in [3.05, 3.63) is 11.7 Å². The molecule has 0 fully saturated rings. The Morgan fingerprint density at radius 2 is 1.17 bits per heavy atom. The van der Waals surface area contributed by atoms with Gasteiger partial charge >= 0.3 is 0 Å². The van der Waals surface area contributed by atoms with Crippen LogP contribution in [0.2, 0.25) is 0 Å². The lowest BCUT2D eigenvalue weighted by Gasteiger charge is -1.78. The van der Waals surface area contributed by atoms with Crippen molar-refractivity contribution in [1.29, 1.82) is 0 Å². The summed E-state index contributed by atoms with van der Waals surface area (Å²) in [6.07, 6.45) is 0. The Balaban J connectivity index is 3.68. The molecule has 0 aliphatic rings. The van der Waals surface area contributed by atoms with Crippen LogP contribution >= 0.6 is 0 Å². The van der Waals surface area contributed by atoms with Gasteiger partial charge in [0, 0.05) is 0 Å².